The molecule has 2 heterocycles. The van der Waals surface area contributed by atoms with Crippen molar-refractivity contribution in [3.05, 3.63) is 58.2 Å². The van der Waals surface area contributed by atoms with Crippen LogP contribution in [0.3, 0.4) is 0 Å². The number of carbonyl (C=O) groups excluding carboxylic acids is 1. The van der Waals surface area contributed by atoms with E-state index >= 15 is 0 Å². The number of aromatic nitrogens is 2. The van der Waals surface area contributed by atoms with Gasteiger partial charge in [-0.05, 0) is 35.7 Å². The highest BCUT2D eigenvalue weighted by Gasteiger charge is 2.12. The van der Waals surface area contributed by atoms with Crippen LogP contribution in [0.25, 0.3) is 10.2 Å². The van der Waals surface area contributed by atoms with E-state index in [-0.39, 0.29) is 30.4 Å². The van der Waals surface area contributed by atoms with E-state index < -0.39 is 0 Å². The van der Waals surface area contributed by atoms with E-state index in [1.165, 1.54) is 51.4 Å². The van der Waals surface area contributed by atoms with Gasteiger partial charge in [0.05, 0.1) is 18.3 Å². The predicted molar refractivity (Wildman–Crippen MR) is 93.4 cm³/mol. The van der Waals surface area contributed by atoms with Gasteiger partial charge in [-0.1, -0.05) is 0 Å². The molecule has 0 aliphatic heterocycles. The monoisotopic (exact) mass is 361 g/mol. The van der Waals surface area contributed by atoms with Crippen molar-refractivity contribution in [1.82, 2.24) is 14.5 Å². The number of nitrogens with zero attached hydrogens (tertiary/aromatic N) is 3. The number of ether oxygens (including phenoxy) is 1. The highest BCUT2D eigenvalue weighted by Crippen LogP contribution is 2.13. The number of benzene rings is 1. The van der Waals surface area contributed by atoms with Crippen molar-refractivity contribution < 1.29 is 13.9 Å². The number of carbonyl (C=O) groups is 1. The van der Waals surface area contributed by atoms with Gasteiger partial charge in [0.1, 0.15) is 29.5 Å². The van der Waals surface area contributed by atoms with E-state index in [4.69, 9.17) is 4.74 Å². The summed E-state index contributed by atoms with van der Waals surface area (Å²) >= 11 is 1.39. The van der Waals surface area contributed by atoms with Crippen LogP contribution in [0, 0.1) is 5.82 Å². The van der Waals surface area contributed by atoms with Gasteiger partial charge in [0, 0.05) is 7.05 Å². The summed E-state index contributed by atoms with van der Waals surface area (Å²) in [6.07, 6.45) is 1.39. The Bertz CT molecular complexity index is 936. The normalized spacial score (nSPS) is 10.8. The average Bonchev–Trinajstić information content (AvgIpc) is 3.08. The number of likely N-dealkylation sites (N-methyl/N-ethyl adjacent to an activating group) is 1. The third-order valence-electron chi connectivity index (χ3n) is 3.69. The van der Waals surface area contributed by atoms with Crippen LogP contribution in [-0.2, 0) is 11.3 Å². The van der Waals surface area contributed by atoms with E-state index in [2.05, 4.69) is 4.98 Å². The average molecular weight is 361 g/mol. The van der Waals surface area contributed by atoms with E-state index in [1.54, 1.807) is 18.5 Å². The molecule has 0 aliphatic carbocycles. The van der Waals surface area contributed by atoms with E-state index in [9.17, 15) is 14.0 Å². The largest absolute Gasteiger partial charge is 0.492 e. The molecule has 0 spiro atoms. The lowest BCUT2D eigenvalue weighted by molar-refractivity contribution is -0.130. The van der Waals surface area contributed by atoms with E-state index in [0.29, 0.717) is 22.5 Å². The standard InChI is InChI=1S/C17H16FN3O3S/c1-20(7-8-24-13-4-2-12(18)3-5-13)15(22)10-21-11-19-16-14(17(21)23)6-9-25-16/h2-6,9,11H,7-8,10H2,1H3. The summed E-state index contributed by atoms with van der Waals surface area (Å²) in [5, 5.41) is 2.31. The fourth-order valence-electron chi connectivity index (χ4n) is 2.23. The number of amides is 1. The second kappa shape index (κ2) is 7.43. The van der Waals surface area contributed by atoms with Crippen LogP contribution in [0.2, 0.25) is 0 Å². The Labute approximate surface area is 147 Å². The molecule has 0 aliphatic rings. The quantitative estimate of drug-likeness (QED) is 0.675. The van der Waals surface area contributed by atoms with Crippen molar-refractivity contribution in [1.29, 1.82) is 0 Å². The topological polar surface area (TPSA) is 64.4 Å². The molecule has 0 fully saturated rings. The van der Waals surface area contributed by atoms with Gasteiger partial charge in [0.15, 0.2) is 0 Å². The molecule has 0 unspecified atom stereocenters. The zero-order valence-electron chi connectivity index (χ0n) is 13.5. The summed E-state index contributed by atoms with van der Waals surface area (Å²) in [6.45, 7) is 0.536. The minimum absolute atomic E-state index is 0.0787. The van der Waals surface area contributed by atoms with Crippen LogP contribution in [0.4, 0.5) is 4.39 Å². The number of hydrogen-bond acceptors (Lipinski definition) is 5. The zero-order chi connectivity index (χ0) is 17.8. The SMILES string of the molecule is CN(CCOc1ccc(F)cc1)C(=O)Cn1cnc2sccc2c1=O. The predicted octanol–water partition coefficient (Wildman–Crippen LogP) is 2.13. The minimum Gasteiger partial charge on any atom is -0.492 e. The molecule has 0 N–H and O–H groups in total. The lowest BCUT2D eigenvalue weighted by Gasteiger charge is -2.18. The summed E-state index contributed by atoms with van der Waals surface area (Å²) < 4.78 is 19.6. The summed E-state index contributed by atoms with van der Waals surface area (Å²) in [6, 6.07) is 7.38. The number of hydrogen-bond donors (Lipinski definition) is 0. The lowest BCUT2D eigenvalue weighted by Crippen LogP contribution is -2.36. The highest BCUT2D eigenvalue weighted by atomic mass is 32.1. The van der Waals surface area contributed by atoms with E-state index in [0.717, 1.165) is 0 Å². The fraction of sp³-hybridized carbons (Fsp3) is 0.235. The molecule has 2 aromatic heterocycles. The second-order valence-electron chi connectivity index (χ2n) is 5.43. The third kappa shape index (κ3) is 4.03. The van der Waals surface area contributed by atoms with Gasteiger partial charge in [-0.2, -0.15) is 0 Å². The summed E-state index contributed by atoms with van der Waals surface area (Å²) in [5.74, 6) is -0.0203. The van der Waals surface area contributed by atoms with Crippen molar-refractivity contribution in [3.63, 3.8) is 0 Å². The molecule has 0 atom stereocenters. The summed E-state index contributed by atoms with van der Waals surface area (Å²) in [7, 11) is 1.64. The molecular formula is C17H16FN3O3S. The Balaban J connectivity index is 1.55. The molecule has 1 aromatic carbocycles. The van der Waals surface area contributed by atoms with Gasteiger partial charge < -0.3 is 9.64 Å². The van der Waals surface area contributed by atoms with Gasteiger partial charge in [-0.25, -0.2) is 9.37 Å². The molecule has 130 valence electrons. The van der Waals surface area contributed by atoms with Gasteiger partial charge in [-0.15, -0.1) is 11.3 Å². The molecule has 25 heavy (non-hydrogen) atoms. The van der Waals surface area contributed by atoms with Crippen LogP contribution >= 0.6 is 11.3 Å². The number of fused-ring (bicyclic) bond motifs is 1. The number of rotatable bonds is 6. The Morgan fingerprint density at radius 1 is 1.32 bits per heavy atom. The zero-order valence-corrected chi connectivity index (χ0v) is 14.3. The van der Waals surface area contributed by atoms with Crippen molar-refractivity contribution in [2.75, 3.05) is 20.2 Å². The molecule has 6 nitrogen and oxygen atoms in total. The van der Waals surface area contributed by atoms with Crippen molar-refractivity contribution in [2.45, 2.75) is 6.54 Å². The van der Waals surface area contributed by atoms with Crippen LogP contribution in [-0.4, -0.2) is 40.6 Å². The molecule has 3 aromatic rings. The van der Waals surface area contributed by atoms with Crippen molar-refractivity contribution in [3.8, 4) is 5.75 Å². The molecular weight excluding hydrogens is 345 g/mol. The van der Waals surface area contributed by atoms with Crippen LogP contribution in [0.15, 0.2) is 46.8 Å². The number of halogens is 1. The number of thiophene rings is 1. The fourth-order valence-corrected chi connectivity index (χ4v) is 2.95. The second-order valence-corrected chi connectivity index (χ2v) is 6.33. The first kappa shape index (κ1) is 17.1. The Morgan fingerprint density at radius 2 is 2.08 bits per heavy atom. The van der Waals surface area contributed by atoms with Gasteiger partial charge in [-0.3, -0.25) is 14.2 Å². The Kier molecular flexibility index (Phi) is 5.08. The van der Waals surface area contributed by atoms with Crippen LogP contribution in [0.5, 0.6) is 5.75 Å². The van der Waals surface area contributed by atoms with Crippen molar-refractivity contribution in [2.24, 2.45) is 0 Å². The Morgan fingerprint density at radius 3 is 2.84 bits per heavy atom. The molecule has 0 saturated heterocycles. The molecule has 0 radical (unpaired) electrons. The van der Waals surface area contributed by atoms with Gasteiger partial charge in [0.25, 0.3) is 5.56 Å². The maximum atomic E-state index is 12.8. The Hall–Kier alpha value is -2.74. The molecule has 1 amide bonds. The van der Waals surface area contributed by atoms with Gasteiger partial charge in [0.2, 0.25) is 5.91 Å². The first-order chi connectivity index (χ1) is 12.0. The molecule has 3 rings (SSSR count). The third-order valence-corrected chi connectivity index (χ3v) is 4.51. The molecule has 0 saturated carbocycles. The maximum Gasteiger partial charge on any atom is 0.262 e. The minimum atomic E-state index is -0.332. The molecule has 8 heteroatoms. The first-order valence-corrected chi connectivity index (χ1v) is 8.47. The lowest BCUT2D eigenvalue weighted by atomic mass is 10.3. The summed E-state index contributed by atoms with van der Waals surface area (Å²) in [4.78, 5) is 30.9. The van der Waals surface area contributed by atoms with Crippen LogP contribution in [0.1, 0.15) is 0 Å². The first-order valence-electron chi connectivity index (χ1n) is 7.59. The summed E-state index contributed by atoms with van der Waals surface area (Å²) in [5.41, 5.74) is -0.226. The van der Waals surface area contributed by atoms with Crippen LogP contribution < -0.4 is 10.3 Å². The van der Waals surface area contributed by atoms with Gasteiger partial charge >= 0.3 is 0 Å². The van der Waals surface area contributed by atoms with E-state index in [1.807, 2.05) is 0 Å². The smallest absolute Gasteiger partial charge is 0.262 e. The van der Waals surface area contributed by atoms with Crippen molar-refractivity contribution >= 4 is 27.5 Å². The maximum absolute atomic E-state index is 12.8. The molecule has 0 bridgehead atoms. The highest BCUT2D eigenvalue weighted by molar-refractivity contribution is 7.16.